The van der Waals surface area contributed by atoms with E-state index in [0.717, 1.165) is 49.7 Å². The van der Waals surface area contributed by atoms with Crippen molar-refractivity contribution >= 4 is 23.2 Å². The van der Waals surface area contributed by atoms with Crippen molar-refractivity contribution in [3.63, 3.8) is 0 Å². The lowest BCUT2D eigenvalue weighted by Gasteiger charge is -2.13. The van der Waals surface area contributed by atoms with Crippen LogP contribution in [0.15, 0.2) is 41.5 Å². The van der Waals surface area contributed by atoms with Gasteiger partial charge in [-0.2, -0.15) is 0 Å². The summed E-state index contributed by atoms with van der Waals surface area (Å²) in [6.45, 7) is 0. The highest BCUT2D eigenvalue weighted by Gasteiger charge is 2.17. The largest absolute Gasteiger partial charge is 0.494 e. The molecule has 3 rings (SSSR count). The van der Waals surface area contributed by atoms with Gasteiger partial charge >= 0.3 is 0 Å². The molecule has 2 aliphatic rings. The summed E-state index contributed by atoms with van der Waals surface area (Å²) in [6.07, 6.45) is 9.59. The van der Waals surface area contributed by atoms with Crippen molar-refractivity contribution in [2.75, 3.05) is 17.7 Å². The molecule has 24 heavy (non-hydrogen) atoms. The number of hydrogen-bond acceptors (Lipinski definition) is 3. The maximum atomic E-state index is 12.2. The minimum absolute atomic E-state index is 0.0672. The summed E-state index contributed by atoms with van der Waals surface area (Å²) in [6, 6.07) is 5.26. The number of carbonyl (C=O) groups excluding carboxylic acids is 2. The highest BCUT2D eigenvalue weighted by molar-refractivity contribution is 6.06. The Bertz CT molecular complexity index is 719. The summed E-state index contributed by atoms with van der Waals surface area (Å²) < 4.78 is 5.36. The maximum Gasteiger partial charge on any atom is 0.251 e. The molecular formula is C19H22N2O3. The van der Waals surface area contributed by atoms with E-state index in [9.17, 15) is 9.59 Å². The zero-order chi connectivity index (χ0) is 16.9. The van der Waals surface area contributed by atoms with E-state index in [1.54, 1.807) is 25.3 Å². The molecule has 2 N–H and O–H groups in total. The van der Waals surface area contributed by atoms with E-state index in [1.807, 2.05) is 12.2 Å². The van der Waals surface area contributed by atoms with E-state index in [1.165, 1.54) is 0 Å². The van der Waals surface area contributed by atoms with E-state index >= 15 is 0 Å². The minimum atomic E-state index is -0.0845. The number of benzene rings is 1. The van der Waals surface area contributed by atoms with Crippen LogP contribution in [0.1, 0.15) is 38.5 Å². The molecule has 0 unspecified atom stereocenters. The van der Waals surface area contributed by atoms with Crippen molar-refractivity contribution in [1.82, 2.24) is 0 Å². The standard InChI is InChI=1S/C19H22N2O3/c1-24-17-12-15(20-18(22)13-6-2-3-7-13)10-11-16(17)21-19(23)14-8-4-5-9-14/h6,8,10-12H,2-5,7,9H2,1H3,(H,20,22)(H,21,23). The molecule has 5 heteroatoms. The van der Waals surface area contributed by atoms with Crippen LogP contribution in [0.2, 0.25) is 0 Å². The molecule has 2 amide bonds. The number of amides is 2. The summed E-state index contributed by atoms with van der Waals surface area (Å²) in [5, 5.41) is 5.77. The van der Waals surface area contributed by atoms with Gasteiger partial charge < -0.3 is 15.4 Å². The number of ether oxygens (including phenoxy) is 1. The van der Waals surface area contributed by atoms with Crippen LogP contribution in [-0.4, -0.2) is 18.9 Å². The van der Waals surface area contributed by atoms with Crippen molar-refractivity contribution in [2.45, 2.75) is 38.5 Å². The van der Waals surface area contributed by atoms with Crippen molar-refractivity contribution in [3.05, 3.63) is 41.5 Å². The Labute approximate surface area is 141 Å². The van der Waals surface area contributed by atoms with Crippen LogP contribution in [0.5, 0.6) is 5.75 Å². The Morgan fingerprint density at radius 1 is 0.958 bits per heavy atom. The second-order valence-electron chi connectivity index (χ2n) is 6.07. The summed E-state index contributed by atoms with van der Waals surface area (Å²) in [5.41, 5.74) is 2.92. The smallest absolute Gasteiger partial charge is 0.251 e. The van der Waals surface area contributed by atoms with E-state index in [2.05, 4.69) is 10.6 Å². The van der Waals surface area contributed by atoms with Gasteiger partial charge in [-0.05, 0) is 50.7 Å². The Hall–Kier alpha value is -2.56. The van der Waals surface area contributed by atoms with Gasteiger partial charge in [0.1, 0.15) is 5.75 Å². The van der Waals surface area contributed by atoms with Crippen LogP contribution < -0.4 is 15.4 Å². The van der Waals surface area contributed by atoms with Gasteiger partial charge in [0, 0.05) is 22.9 Å². The lowest BCUT2D eigenvalue weighted by atomic mass is 10.2. The van der Waals surface area contributed by atoms with E-state index < -0.39 is 0 Å². The fourth-order valence-electron chi connectivity index (χ4n) is 3.04. The third kappa shape index (κ3) is 3.67. The fourth-order valence-corrected chi connectivity index (χ4v) is 3.04. The molecule has 0 heterocycles. The van der Waals surface area contributed by atoms with Crippen LogP contribution in [0.4, 0.5) is 11.4 Å². The Morgan fingerprint density at radius 3 is 2.12 bits per heavy atom. The van der Waals surface area contributed by atoms with Gasteiger partial charge in [0.2, 0.25) is 0 Å². The van der Waals surface area contributed by atoms with E-state index in [0.29, 0.717) is 17.1 Å². The molecule has 0 saturated heterocycles. The van der Waals surface area contributed by atoms with Gasteiger partial charge in [-0.15, -0.1) is 0 Å². The van der Waals surface area contributed by atoms with Gasteiger partial charge in [0.25, 0.3) is 11.8 Å². The second kappa shape index (κ2) is 7.34. The molecule has 0 spiro atoms. The number of carbonyl (C=O) groups is 2. The second-order valence-corrected chi connectivity index (χ2v) is 6.07. The zero-order valence-electron chi connectivity index (χ0n) is 13.9. The lowest BCUT2D eigenvalue weighted by Crippen LogP contribution is -2.15. The first-order valence-electron chi connectivity index (χ1n) is 8.36. The van der Waals surface area contributed by atoms with Crippen LogP contribution in [0.25, 0.3) is 0 Å². The Balaban J connectivity index is 1.70. The maximum absolute atomic E-state index is 12.2. The topological polar surface area (TPSA) is 67.4 Å². The normalized spacial score (nSPS) is 16.4. The molecule has 1 aromatic rings. The molecular weight excluding hydrogens is 304 g/mol. The summed E-state index contributed by atoms with van der Waals surface area (Å²) >= 11 is 0. The van der Waals surface area contributed by atoms with Crippen LogP contribution >= 0.6 is 0 Å². The number of rotatable bonds is 5. The van der Waals surface area contributed by atoms with Crippen LogP contribution in [0.3, 0.4) is 0 Å². The molecule has 0 saturated carbocycles. The van der Waals surface area contributed by atoms with Crippen molar-refractivity contribution in [3.8, 4) is 5.75 Å². The molecule has 0 fully saturated rings. The van der Waals surface area contributed by atoms with Crippen LogP contribution in [0, 0.1) is 0 Å². The van der Waals surface area contributed by atoms with Gasteiger partial charge in [-0.1, -0.05) is 12.2 Å². The number of anilines is 2. The molecule has 2 aliphatic carbocycles. The van der Waals surface area contributed by atoms with Gasteiger partial charge in [0.15, 0.2) is 0 Å². The molecule has 0 atom stereocenters. The molecule has 5 nitrogen and oxygen atoms in total. The Kier molecular flexibility index (Phi) is 4.99. The monoisotopic (exact) mass is 326 g/mol. The fraction of sp³-hybridized carbons (Fsp3) is 0.368. The molecule has 1 aromatic carbocycles. The molecule has 0 radical (unpaired) electrons. The third-order valence-electron chi connectivity index (χ3n) is 4.37. The van der Waals surface area contributed by atoms with Crippen molar-refractivity contribution in [1.29, 1.82) is 0 Å². The van der Waals surface area contributed by atoms with Crippen molar-refractivity contribution < 1.29 is 14.3 Å². The van der Waals surface area contributed by atoms with E-state index in [-0.39, 0.29) is 11.8 Å². The first kappa shape index (κ1) is 16.3. The first-order valence-corrected chi connectivity index (χ1v) is 8.36. The molecule has 0 aromatic heterocycles. The van der Waals surface area contributed by atoms with Gasteiger partial charge in [-0.3, -0.25) is 9.59 Å². The highest BCUT2D eigenvalue weighted by Crippen LogP contribution is 2.30. The van der Waals surface area contributed by atoms with Crippen molar-refractivity contribution in [2.24, 2.45) is 0 Å². The minimum Gasteiger partial charge on any atom is -0.494 e. The third-order valence-corrected chi connectivity index (χ3v) is 4.37. The number of nitrogens with one attached hydrogen (secondary N) is 2. The predicted octanol–water partition coefficient (Wildman–Crippen LogP) is 3.79. The molecule has 0 bridgehead atoms. The van der Waals surface area contributed by atoms with Gasteiger partial charge in [0.05, 0.1) is 12.8 Å². The SMILES string of the molecule is COc1cc(NC(=O)C2=CCCC2)ccc1NC(=O)C1=CCCC1. The summed E-state index contributed by atoms with van der Waals surface area (Å²) in [7, 11) is 1.55. The van der Waals surface area contributed by atoms with E-state index in [4.69, 9.17) is 4.74 Å². The lowest BCUT2D eigenvalue weighted by molar-refractivity contribution is -0.113. The zero-order valence-corrected chi connectivity index (χ0v) is 13.9. The highest BCUT2D eigenvalue weighted by atomic mass is 16.5. The average molecular weight is 326 g/mol. The first-order chi connectivity index (χ1) is 11.7. The predicted molar refractivity (Wildman–Crippen MR) is 94.1 cm³/mol. The average Bonchev–Trinajstić information content (AvgIpc) is 3.29. The molecule has 126 valence electrons. The van der Waals surface area contributed by atoms with Crippen LogP contribution in [-0.2, 0) is 9.59 Å². The Morgan fingerprint density at radius 2 is 1.58 bits per heavy atom. The number of allylic oxidation sites excluding steroid dienone is 2. The van der Waals surface area contributed by atoms with Gasteiger partial charge in [-0.25, -0.2) is 0 Å². The number of methoxy groups -OCH3 is 1. The summed E-state index contributed by atoms with van der Waals surface area (Å²) in [5.74, 6) is 0.376. The number of hydrogen-bond donors (Lipinski definition) is 2. The summed E-state index contributed by atoms with van der Waals surface area (Å²) in [4.78, 5) is 24.4. The molecule has 0 aliphatic heterocycles. The quantitative estimate of drug-likeness (QED) is 0.865.